The fraction of sp³-hybridized carbons (Fsp3) is 0.588. The van der Waals surface area contributed by atoms with Crippen LogP contribution in [-0.4, -0.2) is 35.6 Å². The molecule has 3 rings (SSSR count). The summed E-state index contributed by atoms with van der Waals surface area (Å²) in [7, 11) is 0. The number of amides is 1. The number of carbonyl (C=O) groups is 1. The average Bonchev–Trinajstić information content (AvgIpc) is 3.23. The number of nitrogens with two attached hydrogens (primary N) is 1. The van der Waals surface area contributed by atoms with Gasteiger partial charge in [-0.3, -0.25) is 4.79 Å². The Morgan fingerprint density at radius 1 is 1.36 bits per heavy atom. The van der Waals surface area contributed by atoms with Crippen LogP contribution in [0.15, 0.2) is 24.3 Å². The van der Waals surface area contributed by atoms with Gasteiger partial charge >= 0.3 is 0 Å². The van der Waals surface area contributed by atoms with Gasteiger partial charge in [-0.25, -0.2) is 0 Å². The molecule has 4 nitrogen and oxygen atoms in total. The molecule has 2 aliphatic rings. The molecule has 1 aromatic rings. The predicted octanol–water partition coefficient (Wildman–Crippen LogP) is 2.90. The molecule has 2 N–H and O–H groups in total. The monoisotopic (exact) mass is 322 g/mol. The highest BCUT2D eigenvalue weighted by Gasteiger charge is 2.41. The standard InChI is InChI=1S/C17H23ClN2O2/c1-11(14-4-2-3-5-15(14)18)20(12-6-7-12)17(21)16-9-8-13(10-19)22-16/h2-5,11-13,16H,6-10,19H2,1H3/t11?,13-,16+/m1/s1. The molecule has 1 saturated carbocycles. The maximum atomic E-state index is 12.9. The van der Waals surface area contributed by atoms with Crippen LogP contribution in [0.4, 0.5) is 0 Å². The number of benzene rings is 1. The van der Waals surface area contributed by atoms with Gasteiger partial charge in [-0.2, -0.15) is 0 Å². The Bertz CT molecular complexity index is 547. The molecule has 22 heavy (non-hydrogen) atoms. The third kappa shape index (κ3) is 3.14. The molecule has 120 valence electrons. The minimum absolute atomic E-state index is 0.0191. The lowest BCUT2D eigenvalue weighted by molar-refractivity contribution is -0.145. The van der Waals surface area contributed by atoms with Gasteiger partial charge in [0.2, 0.25) is 0 Å². The van der Waals surface area contributed by atoms with Crippen molar-refractivity contribution < 1.29 is 9.53 Å². The van der Waals surface area contributed by atoms with E-state index in [1.54, 1.807) is 0 Å². The molecule has 1 saturated heterocycles. The van der Waals surface area contributed by atoms with Gasteiger partial charge in [0.25, 0.3) is 5.91 Å². The molecule has 2 fully saturated rings. The van der Waals surface area contributed by atoms with Gasteiger partial charge in [0.05, 0.1) is 12.1 Å². The van der Waals surface area contributed by atoms with E-state index in [0.29, 0.717) is 17.6 Å². The highest BCUT2D eigenvalue weighted by Crippen LogP contribution is 2.38. The Kier molecular flexibility index (Phi) is 4.71. The van der Waals surface area contributed by atoms with Crippen molar-refractivity contribution >= 4 is 17.5 Å². The van der Waals surface area contributed by atoms with Gasteiger partial charge in [-0.05, 0) is 44.2 Å². The van der Waals surface area contributed by atoms with Crippen molar-refractivity contribution in [1.82, 2.24) is 4.90 Å². The van der Waals surface area contributed by atoms with Crippen LogP contribution in [0.2, 0.25) is 5.02 Å². The Balaban J connectivity index is 1.78. The summed E-state index contributed by atoms with van der Waals surface area (Å²) in [5.41, 5.74) is 6.65. The van der Waals surface area contributed by atoms with Gasteiger partial charge in [-0.1, -0.05) is 29.8 Å². The minimum Gasteiger partial charge on any atom is -0.364 e. The van der Waals surface area contributed by atoms with E-state index in [9.17, 15) is 4.79 Å². The number of carbonyl (C=O) groups excluding carboxylic acids is 1. The van der Waals surface area contributed by atoms with Crippen LogP contribution in [0.3, 0.4) is 0 Å². The van der Waals surface area contributed by atoms with Crippen LogP contribution in [0.25, 0.3) is 0 Å². The fourth-order valence-corrected chi connectivity index (χ4v) is 3.52. The van der Waals surface area contributed by atoms with Gasteiger partial charge in [0.15, 0.2) is 0 Å². The molecular weight excluding hydrogens is 300 g/mol. The smallest absolute Gasteiger partial charge is 0.252 e. The van der Waals surface area contributed by atoms with Gasteiger partial charge in [0, 0.05) is 17.6 Å². The lowest BCUT2D eigenvalue weighted by atomic mass is 10.0. The van der Waals surface area contributed by atoms with Crippen molar-refractivity contribution in [3.05, 3.63) is 34.9 Å². The van der Waals surface area contributed by atoms with Crippen molar-refractivity contribution in [2.24, 2.45) is 5.73 Å². The molecular formula is C17H23ClN2O2. The van der Waals surface area contributed by atoms with E-state index >= 15 is 0 Å². The minimum atomic E-state index is -0.348. The molecule has 0 bridgehead atoms. The molecule has 5 heteroatoms. The third-order valence-corrected chi connectivity index (χ3v) is 4.96. The van der Waals surface area contributed by atoms with E-state index in [2.05, 4.69) is 0 Å². The highest BCUT2D eigenvalue weighted by molar-refractivity contribution is 6.31. The predicted molar refractivity (Wildman–Crippen MR) is 86.7 cm³/mol. The first-order valence-electron chi connectivity index (χ1n) is 8.04. The van der Waals surface area contributed by atoms with Gasteiger partial charge in [-0.15, -0.1) is 0 Å². The highest BCUT2D eigenvalue weighted by atomic mass is 35.5. The zero-order chi connectivity index (χ0) is 15.7. The molecule has 0 spiro atoms. The van der Waals surface area contributed by atoms with Crippen LogP contribution in [-0.2, 0) is 9.53 Å². The molecule has 1 aliphatic heterocycles. The first kappa shape index (κ1) is 15.8. The van der Waals surface area contributed by atoms with Crippen molar-refractivity contribution in [2.75, 3.05) is 6.54 Å². The molecule has 3 atom stereocenters. The van der Waals surface area contributed by atoms with E-state index in [0.717, 1.165) is 31.2 Å². The number of rotatable bonds is 5. The van der Waals surface area contributed by atoms with Crippen molar-refractivity contribution in [1.29, 1.82) is 0 Å². The summed E-state index contributed by atoms with van der Waals surface area (Å²) < 4.78 is 5.80. The first-order valence-corrected chi connectivity index (χ1v) is 8.41. The first-order chi connectivity index (χ1) is 10.6. The average molecular weight is 323 g/mol. The zero-order valence-electron chi connectivity index (χ0n) is 12.9. The van der Waals surface area contributed by atoms with E-state index in [1.165, 1.54) is 0 Å². The van der Waals surface area contributed by atoms with Crippen molar-refractivity contribution in [3.63, 3.8) is 0 Å². The second-order valence-corrected chi connectivity index (χ2v) is 6.64. The normalized spacial score (nSPS) is 26.0. The summed E-state index contributed by atoms with van der Waals surface area (Å²) >= 11 is 6.31. The largest absolute Gasteiger partial charge is 0.364 e. The summed E-state index contributed by atoms with van der Waals surface area (Å²) in [6.45, 7) is 2.53. The summed E-state index contributed by atoms with van der Waals surface area (Å²) in [4.78, 5) is 14.9. The lowest BCUT2D eigenvalue weighted by Crippen LogP contribution is -2.42. The van der Waals surface area contributed by atoms with E-state index in [-0.39, 0.29) is 24.2 Å². The summed E-state index contributed by atoms with van der Waals surface area (Å²) in [6.07, 6.45) is 3.43. The Hall–Kier alpha value is -1.10. The van der Waals surface area contributed by atoms with Crippen molar-refractivity contribution in [3.8, 4) is 0 Å². The fourth-order valence-electron chi connectivity index (χ4n) is 3.23. The summed E-state index contributed by atoms with van der Waals surface area (Å²) in [5, 5.41) is 0.709. The second kappa shape index (κ2) is 6.57. The van der Waals surface area contributed by atoms with E-state index in [1.807, 2.05) is 36.1 Å². The lowest BCUT2D eigenvalue weighted by Gasteiger charge is -2.32. The van der Waals surface area contributed by atoms with Crippen LogP contribution in [0, 0.1) is 0 Å². The Morgan fingerprint density at radius 2 is 2.09 bits per heavy atom. The second-order valence-electron chi connectivity index (χ2n) is 6.23. The van der Waals surface area contributed by atoms with Gasteiger partial charge < -0.3 is 15.4 Å². The van der Waals surface area contributed by atoms with Crippen LogP contribution < -0.4 is 5.73 Å². The quantitative estimate of drug-likeness (QED) is 0.907. The number of halogens is 1. The molecule has 0 radical (unpaired) electrons. The topological polar surface area (TPSA) is 55.6 Å². The number of nitrogens with zero attached hydrogens (tertiary/aromatic N) is 1. The Labute approximate surface area is 136 Å². The SMILES string of the molecule is CC(c1ccccc1Cl)N(C(=O)[C@@H]1CC[C@H](CN)O1)C1CC1. The molecule has 1 aromatic carbocycles. The molecule has 1 aliphatic carbocycles. The molecule has 1 heterocycles. The zero-order valence-corrected chi connectivity index (χ0v) is 13.6. The maximum Gasteiger partial charge on any atom is 0.252 e. The molecule has 1 unspecified atom stereocenters. The van der Waals surface area contributed by atoms with E-state index < -0.39 is 0 Å². The molecule has 1 amide bonds. The van der Waals surface area contributed by atoms with Gasteiger partial charge in [0.1, 0.15) is 6.10 Å². The molecule has 0 aromatic heterocycles. The number of ether oxygens (including phenoxy) is 1. The Morgan fingerprint density at radius 3 is 2.68 bits per heavy atom. The van der Waals surface area contributed by atoms with Crippen LogP contribution >= 0.6 is 11.6 Å². The van der Waals surface area contributed by atoms with Crippen LogP contribution in [0.5, 0.6) is 0 Å². The summed E-state index contributed by atoms with van der Waals surface area (Å²) in [5.74, 6) is 0.0888. The third-order valence-electron chi connectivity index (χ3n) is 4.61. The van der Waals surface area contributed by atoms with Crippen LogP contribution in [0.1, 0.15) is 44.2 Å². The number of hydrogen-bond acceptors (Lipinski definition) is 3. The van der Waals surface area contributed by atoms with Crippen molar-refractivity contribution in [2.45, 2.75) is 56.9 Å². The summed E-state index contributed by atoms with van der Waals surface area (Å²) in [6, 6.07) is 8.03. The van der Waals surface area contributed by atoms with E-state index in [4.69, 9.17) is 22.1 Å². The maximum absolute atomic E-state index is 12.9. The number of hydrogen-bond donors (Lipinski definition) is 1.